The van der Waals surface area contributed by atoms with Crippen LogP contribution in [0.4, 0.5) is 17.1 Å². The van der Waals surface area contributed by atoms with E-state index in [-0.39, 0.29) is 0 Å². The predicted molar refractivity (Wildman–Crippen MR) is 200 cm³/mol. The first-order valence-corrected chi connectivity index (χ1v) is 16.2. The molecule has 9 aromatic rings. The van der Waals surface area contributed by atoms with Gasteiger partial charge in [0.05, 0.1) is 0 Å². The molecule has 0 spiro atoms. The van der Waals surface area contributed by atoms with E-state index in [2.05, 4.69) is 174 Å². The Labute approximate surface area is 279 Å². The number of nitrogens with zero attached hydrogens (tertiary/aromatic N) is 2. The molecule has 0 N–H and O–H groups in total. The van der Waals surface area contributed by atoms with Gasteiger partial charge in [0.2, 0.25) is 0 Å². The predicted octanol–water partition coefficient (Wildman–Crippen LogP) is 12.6. The van der Waals surface area contributed by atoms with Crippen LogP contribution in [0.1, 0.15) is 0 Å². The van der Waals surface area contributed by atoms with Crippen molar-refractivity contribution in [1.82, 2.24) is 4.98 Å². The highest BCUT2D eigenvalue weighted by molar-refractivity contribution is 6.15. The summed E-state index contributed by atoms with van der Waals surface area (Å²) >= 11 is 0. The van der Waals surface area contributed by atoms with E-state index in [0.29, 0.717) is 0 Å². The number of anilines is 3. The zero-order valence-electron chi connectivity index (χ0n) is 26.1. The number of hydrogen-bond donors (Lipinski definition) is 0. The minimum Gasteiger partial charge on any atom is -0.455 e. The Morgan fingerprint density at radius 3 is 1.67 bits per heavy atom. The molecule has 2 heterocycles. The number of pyridine rings is 1. The third kappa shape index (κ3) is 4.99. The lowest BCUT2D eigenvalue weighted by Gasteiger charge is -2.27. The summed E-state index contributed by atoms with van der Waals surface area (Å²) in [7, 11) is 0. The molecule has 7 aromatic carbocycles. The lowest BCUT2D eigenvalue weighted by molar-refractivity contribution is 0.672. The molecule has 0 amide bonds. The molecule has 0 saturated heterocycles. The van der Waals surface area contributed by atoms with Crippen LogP contribution in [-0.2, 0) is 0 Å². The first-order valence-electron chi connectivity index (χ1n) is 16.2. The highest BCUT2D eigenvalue weighted by atomic mass is 16.3. The summed E-state index contributed by atoms with van der Waals surface area (Å²) in [5.41, 5.74) is 12.1. The van der Waals surface area contributed by atoms with Crippen LogP contribution < -0.4 is 4.90 Å². The second kappa shape index (κ2) is 11.7. The van der Waals surface area contributed by atoms with Crippen molar-refractivity contribution in [1.29, 1.82) is 0 Å². The van der Waals surface area contributed by atoms with Crippen LogP contribution in [-0.4, -0.2) is 4.98 Å². The van der Waals surface area contributed by atoms with Crippen molar-refractivity contribution in [2.75, 3.05) is 4.90 Å². The number of benzene rings is 7. The first kappa shape index (κ1) is 27.8. The van der Waals surface area contributed by atoms with E-state index >= 15 is 0 Å². The SMILES string of the molecule is c1ccc(-c2ccc(N(c3cccc(-c4ccccc4)c3)c3cccc(-c4ccc5c(ccc6c7cnccc7oc56)c4)c3)cc2)cc1. The van der Waals surface area contributed by atoms with Gasteiger partial charge in [0, 0.05) is 45.6 Å². The van der Waals surface area contributed by atoms with E-state index in [1.165, 1.54) is 22.3 Å². The lowest BCUT2D eigenvalue weighted by Crippen LogP contribution is -2.10. The molecule has 0 unspecified atom stereocenters. The van der Waals surface area contributed by atoms with Gasteiger partial charge in [0.25, 0.3) is 0 Å². The Morgan fingerprint density at radius 1 is 0.396 bits per heavy atom. The van der Waals surface area contributed by atoms with Crippen molar-refractivity contribution in [3.8, 4) is 33.4 Å². The number of fused-ring (bicyclic) bond motifs is 5. The van der Waals surface area contributed by atoms with E-state index in [0.717, 1.165) is 60.9 Å². The fourth-order valence-electron chi connectivity index (χ4n) is 6.75. The Kier molecular flexibility index (Phi) is 6.80. The van der Waals surface area contributed by atoms with Gasteiger partial charge in [-0.1, -0.05) is 109 Å². The molecule has 0 saturated carbocycles. The molecule has 0 atom stereocenters. The van der Waals surface area contributed by atoms with Crippen LogP contribution in [0.3, 0.4) is 0 Å². The third-order valence-electron chi connectivity index (χ3n) is 9.14. The number of hydrogen-bond acceptors (Lipinski definition) is 3. The van der Waals surface area contributed by atoms with Crippen LogP contribution in [0.15, 0.2) is 187 Å². The maximum Gasteiger partial charge on any atom is 0.143 e. The van der Waals surface area contributed by atoms with E-state index in [4.69, 9.17) is 4.42 Å². The standard InChI is InChI=1S/C45H30N2O/c1-3-9-31(10-4-1)33-17-21-38(22-18-33)47(39-15-7-13-34(28-39)32-11-5-2-6-12-32)40-16-8-14-35(29-40)36-19-23-41-37(27-36)20-24-42-43-30-46-26-25-44(43)48-45(41)42/h1-30H. The van der Waals surface area contributed by atoms with Crippen LogP contribution >= 0.6 is 0 Å². The molecular weight excluding hydrogens is 585 g/mol. The van der Waals surface area contributed by atoms with Gasteiger partial charge in [-0.15, -0.1) is 0 Å². The topological polar surface area (TPSA) is 29.3 Å². The van der Waals surface area contributed by atoms with Gasteiger partial charge in [-0.05, 0) is 99.4 Å². The van der Waals surface area contributed by atoms with Crippen LogP contribution in [0.2, 0.25) is 0 Å². The highest BCUT2D eigenvalue weighted by Gasteiger charge is 2.16. The largest absolute Gasteiger partial charge is 0.455 e. The molecule has 226 valence electrons. The minimum absolute atomic E-state index is 0.859. The van der Waals surface area contributed by atoms with Crippen molar-refractivity contribution in [2.24, 2.45) is 0 Å². The van der Waals surface area contributed by atoms with Gasteiger partial charge in [0.1, 0.15) is 11.2 Å². The minimum atomic E-state index is 0.859. The summed E-state index contributed by atoms with van der Waals surface area (Å²) in [5.74, 6) is 0. The van der Waals surface area contributed by atoms with Crippen LogP contribution in [0, 0.1) is 0 Å². The summed E-state index contributed by atoms with van der Waals surface area (Å²) in [5, 5.41) is 4.37. The summed E-state index contributed by atoms with van der Waals surface area (Å²) in [6.45, 7) is 0. The first-order chi connectivity index (χ1) is 23.8. The molecule has 3 nitrogen and oxygen atoms in total. The van der Waals surface area contributed by atoms with E-state index < -0.39 is 0 Å². The van der Waals surface area contributed by atoms with Gasteiger partial charge < -0.3 is 9.32 Å². The average molecular weight is 615 g/mol. The molecule has 0 radical (unpaired) electrons. The maximum atomic E-state index is 6.29. The lowest BCUT2D eigenvalue weighted by atomic mass is 9.99. The Balaban J connectivity index is 1.15. The fraction of sp³-hybridized carbons (Fsp3) is 0. The number of aromatic nitrogens is 1. The quantitative estimate of drug-likeness (QED) is 0.187. The third-order valence-corrected chi connectivity index (χ3v) is 9.14. The summed E-state index contributed by atoms with van der Waals surface area (Å²) in [4.78, 5) is 6.65. The Hall–Kier alpha value is -6.45. The Morgan fingerprint density at radius 2 is 0.958 bits per heavy atom. The number of rotatable bonds is 6. The second-order valence-electron chi connectivity index (χ2n) is 12.1. The van der Waals surface area contributed by atoms with Crippen molar-refractivity contribution < 1.29 is 4.42 Å². The normalized spacial score (nSPS) is 11.3. The summed E-state index contributed by atoms with van der Waals surface area (Å²) < 4.78 is 6.29. The van der Waals surface area contributed by atoms with Crippen molar-refractivity contribution in [3.63, 3.8) is 0 Å². The Bertz CT molecular complexity index is 2550. The van der Waals surface area contributed by atoms with Crippen molar-refractivity contribution in [2.45, 2.75) is 0 Å². The van der Waals surface area contributed by atoms with E-state index in [9.17, 15) is 0 Å². The van der Waals surface area contributed by atoms with Crippen molar-refractivity contribution >= 4 is 49.8 Å². The monoisotopic (exact) mass is 614 g/mol. The van der Waals surface area contributed by atoms with Gasteiger partial charge >= 0.3 is 0 Å². The number of furan rings is 1. The molecule has 0 aliphatic carbocycles. The molecule has 48 heavy (non-hydrogen) atoms. The maximum absolute atomic E-state index is 6.29. The zero-order valence-corrected chi connectivity index (χ0v) is 26.1. The molecular formula is C45H30N2O. The average Bonchev–Trinajstić information content (AvgIpc) is 3.55. The van der Waals surface area contributed by atoms with Gasteiger partial charge in [-0.2, -0.15) is 0 Å². The molecule has 0 bridgehead atoms. The van der Waals surface area contributed by atoms with Crippen molar-refractivity contribution in [3.05, 3.63) is 182 Å². The molecule has 0 aliphatic heterocycles. The van der Waals surface area contributed by atoms with E-state index in [1.54, 1.807) is 6.20 Å². The molecule has 0 aliphatic rings. The van der Waals surface area contributed by atoms with Crippen LogP contribution in [0.5, 0.6) is 0 Å². The molecule has 3 heteroatoms. The fourth-order valence-corrected chi connectivity index (χ4v) is 6.75. The highest BCUT2D eigenvalue weighted by Crippen LogP contribution is 2.40. The van der Waals surface area contributed by atoms with Gasteiger partial charge in [0.15, 0.2) is 0 Å². The second-order valence-corrected chi connectivity index (χ2v) is 12.1. The molecule has 9 rings (SSSR count). The zero-order chi connectivity index (χ0) is 31.9. The summed E-state index contributed by atoms with van der Waals surface area (Å²) in [6, 6.07) is 60.4. The van der Waals surface area contributed by atoms with Gasteiger partial charge in [-0.3, -0.25) is 4.98 Å². The molecule has 2 aromatic heterocycles. The van der Waals surface area contributed by atoms with E-state index in [1.807, 2.05) is 12.3 Å². The van der Waals surface area contributed by atoms with Gasteiger partial charge in [-0.25, -0.2) is 0 Å². The molecule has 0 fully saturated rings. The van der Waals surface area contributed by atoms with Crippen LogP contribution in [0.25, 0.3) is 66.1 Å². The smallest absolute Gasteiger partial charge is 0.143 e. The summed E-state index contributed by atoms with van der Waals surface area (Å²) in [6.07, 6.45) is 3.65.